The first kappa shape index (κ1) is 55.8. The Labute approximate surface area is 430 Å². The van der Waals surface area contributed by atoms with E-state index < -0.39 is 170 Å². The number of fused-ring (bicyclic) bond motifs is 4. The Morgan fingerprint density at radius 3 is 1.91 bits per heavy atom. The molecule has 5 aliphatic heterocycles. The van der Waals surface area contributed by atoms with Crippen molar-refractivity contribution >= 4 is 12.1 Å². The van der Waals surface area contributed by atoms with Crippen molar-refractivity contribution in [2.24, 2.45) is 50.2 Å². The van der Waals surface area contributed by atoms with Crippen molar-refractivity contribution in [1.29, 1.82) is 0 Å². The number of rotatable bonds is 11. The number of Topliss-reactive ketones (excluding diaryl/α,β-unsaturated/α-hetero) is 1. The lowest BCUT2D eigenvalue weighted by atomic mass is 9.30. The van der Waals surface area contributed by atoms with E-state index in [4.69, 9.17) is 42.6 Å². The van der Waals surface area contributed by atoms with Gasteiger partial charge in [0.15, 0.2) is 25.2 Å². The van der Waals surface area contributed by atoms with Crippen LogP contribution in [0.2, 0.25) is 0 Å². The Hall–Kier alpha value is -1.46. The molecule has 5 heterocycles. The summed E-state index contributed by atoms with van der Waals surface area (Å²) in [5.74, 6) is 0.572. The Bertz CT molecular complexity index is 2070. The van der Waals surface area contributed by atoms with Crippen molar-refractivity contribution < 1.29 is 108 Å². The third-order valence-electron chi connectivity index (χ3n) is 21.7. The molecule has 28 atom stereocenters. The summed E-state index contributed by atoms with van der Waals surface area (Å²) in [7, 11) is 0. The number of ether oxygens (including phenoxy) is 9. The molecule has 422 valence electrons. The molecule has 0 unspecified atom stereocenters. The monoisotopic (exact) mass is 1060 g/mol. The lowest BCUT2D eigenvalue weighted by Gasteiger charge is -2.74. The summed E-state index contributed by atoms with van der Waals surface area (Å²) >= 11 is 0. The fraction of sp³-hybridized carbons (Fsp3) is 0.962. The Morgan fingerprint density at radius 1 is 0.595 bits per heavy atom. The summed E-state index contributed by atoms with van der Waals surface area (Å²) in [6.07, 6.45) is -22.3. The van der Waals surface area contributed by atoms with Crippen LogP contribution in [0, 0.1) is 50.2 Å². The van der Waals surface area contributed by atoms with E-state index in [0.717, 1.165) is 38.4 Å². The van der Waals surface area contributed by atoms with Gasteiger partial charge in [0.25, 0.3) is 0 Å². The Balaban J connectivity index is 0.902. The second-order valence-corrected chi connectivity index (χ2v) is 25.6. The van der Waals surface area contributed by atoms with Crippen molar-refractivity contribution in [3.05, 3.63) is 0 Å². The van der Waals surface area contributed by atoms with Crippen LogP contribution >= 0.6 is 0 Å². The van der Waals surface area contributed by atoms with Crippen LogP contribution in [-0.4, -0.2) is 224 Å². The van der Waals surface area contributed by atoms with Gasteiger partial charge in [0, 0.05) is 23.2 Å². The fourth-order valence-electron chi connectivity index (χ4n) is 17.1. The molecule has 0 aromatic carbocycles. The molecular weight excluding hydrogens is 977 g/mol. The van der Waals surface area contributed by atoms with E-state index >= 15 is 0 Å². The van der Waals surface area contributed by atoms with E-state index in [1.165, 1.54) is 0 Å². The highest BCUT2D eigenvalue weighted by atomic mass is 16.8. The number of aliphatic hydroxyl groups excluding tert-OH is 11. The summed E-state index contributed by atoms with van der Waals surface area (Å²) in [5, 5.41) is 118. The second-order valence-electron chi connectivity index (χ2n) is 25.6. The van der Waals surface area contributed by atoms with Crippen molar-refractivity contribution in [2.45, 2.75) is 228 Å². The summed E-state index contributed by atoms with van der Waals surface area (Å²) in [5.41, 5.74) is -3.07. The summed E-state index contributed by atoms with van der Waals surface area (Å²) < 4.78 is 55.8. The van der Waals surface area contributed by atoms with E-state index in [0.29, 0.717) is 38.7 Å². The molecule has 1 spiro atoms. The van der Waals surface area contributed by atoms with Crippen molar-refractivity contribution in [3.8, 4) is 0 Å². The SMILES string of the molecule is CC1(C)[C@@H](O[C@@H]2OC[C@H](O[C@@H]3O[C@H](CO)[C@@H](O)[C@H](O)[C@H]3O[C@@H]3OC[C@@H](O)[C@H](O)[C@H]3O)[C@H](O)[C@H]2O[C@@H]2O[C@H](CO)[C@@H](O)[C@H](O)[C@H]2O)CC[C@]2(C)[C@H]3CC[C@]45OC[C@@]6(CC[C@@](C)(C=O)C[C@H]64)C(=O)C[C@@]5(C)[C@]3(C)CC[C@@H]12. The smallest absolute Gasteiger partial charge is 0.187 e. The Morgan fingerprint density at radius 2 is 1.22 bits per heavy atom. The van der Waals surface area contributed by atoms with E-state index in [1.807, 2.05) is 6.92 Å². The minimum atomic E-state index is -1.89. The van der Waals surface area contributed by atoms with E-state index in [-0.39, 0.29) is 34.4 Å². The van der Waals surface area contributed by atoms with Crippen LogP contribution in [0.25, 0.3) is 0 Å². The van der Waals surface area contributed by atoms with Gasteiger partial charge in [-0.1, -0.05) is 41.5 Å². The highest BCUT2D eigenvalue weighted by Gasteiger charge is 2.80. The normalized spacial score (nSPS) is 57.1. The topological polar surface area (TPSA) is 340 Å². The molecule has 0 aromatic heterocycles. The van der Waals surface area contributed by atoms with Gasteiger partial charge in [0.1, 0.15) is 97.5 Å². The van der Waals surface area contributed by atoms with Gasteiger partial charge in [-0.3, -0.25) is 4.79 Å². The highest BCUT2D eigenvalue weighted by molar-refractivity contribution is 5.89. The largest absolute Gasteiger partial charge is 0.394 e. The third-order valence-corrected chi connectivity index (χ3v) is 21.7. The van der Waals surface area contributed by atoms with E-state index in [2.05, 4.69) is 34.6 Å². The zero-order valence-electron chi connectivity index (χ0n) is 43.3. The van der Waals surface area contributed by atoms with Gasteiger partial charge in [-0.2, -0.15) is 0 Å². The highest BCUT2D eigenvalue weighted by Crippen LogP contribution is 2.80. The van der Waals surface area contributed by atoms with Gasteiger partial charge in [0.2, 0.25) is 0 Å². The standard InChI is InChI=1S/C52H82O22/c1-46(2)27-7-11-49(5)28(8-12-52-29-15-47(3,21-55)13-14-51(29,22-68-52)30(57)16-50(49,52)6)48(27,4)10-9-31(46)72-44-40(74-43-39(65)36(62)33(59)24(17-53)69-43)35(61)26(20-67-44)71-45-41(37(63)34(60)25(18-54)70-45)73-42-38(64)32(58)23(56)19-66-42/h21,23-29,31-45,53-54,56,58-65H,7-20,22H2,1-6H3/t23-,24-,25-,26+,27+,28-,29-,31+,32+,33-,34-,35+,36+,37+,38-,39-,40-,41-,42+,43+,44+,45+,47-,48+,49-,50+,51-,52+/m1/s1. The molecule has 74 heavy (non-hydrogen) atoms. The lowest BCUT2D eigenvalue weighted by molar-refractivity contribution is -0.392. The maximum Gasteiger partial charge on any atom is 0.187 e. The minimum Gasteiger partial charge on any atom is -0.394 e. The summed E-state index contributed by atoms with van der Waals surface area (Å²) in [4.78, 5) is 27.2. The van der Waals surface area contributed by atoms with E-state index in [1.54, 1.807) is 0 Å². The second kappa shape index (κ2) is 19.7. The lowest BCUT2D eigenvalue weighted by Crippen LogP contribution is -2.73. The minimum absolute atomic E-state index is 0.0269. The van der Waals surface area contributed by atoms with Crippen LogP contribution in [0.1, 0.15) is 106 Å². The molecular formula is C52H82O22. The molecule has 0 radical (unpaired) electrons. The number of carbonyl (C=O) groups is 2. The van der Waals surface area contributed by atoms with Crippen LogP contribution < -0.4 is 0 Å². The molecule has 22 heteroatoms. The maximum absolute atomic E-state index is 14.7. The molecule has 0 amide bonds. The maximum atomic E-state index is 14.7. The van der Waals surface area contributed by atoms with Gasteiger partial charge in [-0.05, 0) is 85.9 Å². The number of aliphatic hydroxyl groups is 11. The zero-order valence-corrected chi connectivity index (χ0v) is 43.3. The van der Waals surface area contributed by atoms with Crippen LogP contribution in [0.4, 0.5) is 0 Å². The molecule has 2 bridgehead atoms. The van der Waals surface area contributed by atoms with Crippen LogP contribution in [0.5, 0.6) is 0 Å². The molecule has 11 N–H and O–H groups in total. The van der Waals surface area contributed by atoms with Crippen molar-refractivity contribution in [1.82, 2.24) is 0 Å². The van der Waals surface area contributed by atoms with E-state index in [9.17, 15) is 65.8 Å². The van der Waals surface area contributed by atoms with Gasteiger partial charge in [-0.25, -0.2) is 0 Å². The Kier molecular flexibility index (Phi) is 14.8. The van der Waals surface area contributed by atoms with Gasteiger partial charge < -0.3 is 104 Å². The zero-order chi connectivity index (χ0) is 53.5. The number of hydrogen-bond donors (Lipinski definition) is 11. The number of hydrogen-bond acceptors (Lipinski definition) is 22. The van der Waals surface area contributed by atoms with Crippen molar-refractivity contribution in [2.75, 3.05) is 33.0 Å². The number of ketones is 1. The molecule has 10 fully saturated rings. The first-order valence-corrected chi connectivity index (χ1v) is 26.9. The first-order chi connectivity index (χ1) is 34.8. The molecule has 5 saturated carbocycles. The summed E-state index contributed by atoms with van der Waals surface area (Å²) in [6, 6.07) is 0. The molecule has 0 aromatic rings. The van der Waals surface area contributed by atoms with Gasteiger partial charge in [-0.15, -0.1) is 0 Å². The molecule has 10 aliphatic rings. The first-order valence-electron chi connectivity index (χ1n) is 26.9. The van der Waals surface area contributed by atoms with Gasteiger partial charge >= 0.3 is 0 Å². The average molecular weight is 1060 g/mol. The third kappa shape index (κ3) is 8.23. The van der Waals surface area contributed by atoms with Crippen LogP contribution in [0.3, 0.4) is 0 Å². The van der Waals surface area contributed by atoms with Crippen LogP contribution in [0.15, 0.2) is 0 Å². The van der Waals surface area contributed by atoms with Gasteiger partial charge in [0.05, 0.1) is 50.2 Å². The molecule has 10 rings (SSSR count). The molecule has 22 nitrogen and oxygen atoms in total. The number of carbonyl (C=O) groups excluding carboxylic acids is 2. The van der Waals surface area contributed by atoms with Crippen LogP contribution in [-0.2, 0) is 52.2 Å². The summed E-state index contributed by atoms with van der Waals surface area (Å²) in [6.45, 7) is 11.4. The number of aldehydes is 1. The fourth-order valence-corrected chi connectivity index (χ4v) is 17.1. The molecule has 5 aliphatic carbocycles. The quantitative estimate of drug-likeness (QED) is 0.0813. The molecule has 5 saturated heterocycles. The average Bonchev–Trinajstić information content (AvgIpc) is 3.65. The predicted molar refractivity (Wildman–Crippen MR) is 250 cm³/mol. The predicted octanol–water partition coefficient (Wildman–Crippen LogP) is -1.69. The van der Waals surface area contributed by atoms with Crippen molar-refractivity contribution in [3.63, 3.8) is 0 Å².